The van der Waals surface area contributed by atoms with Crippen LogP contribution in [0.5, 0.6) is 0 Å². The first kappa shape index (κ1) is 13.1. The van der Waals surface area contributed by atoms with Gasteiger partial charge in [0.1, 0.15) is 16.1 Å². The molecule has 2 heterocycles. The van der Waals surface area contributed by atoms with Crippen LogP contribution in [0.1, 0.15) is 16.1 Å². The minimum atomic E-state index is -0.173. The molecule has 6 heteroatoms. The highest BCUT2D eigenvalue weighted by Gasteiger charge is 2.18. The maximum Gasteiger partial charge on any atom is 0.127 e. The van der Waals surface area contributed by atoms with Crippen molar-refractivity contribution in [1.29, 1.82) is 0 Å². The zero-order valence-corrected chi connectivity index (χ0v) is 13.2. The number of imidazole rings is 1. The summed E-state index contributed by atoms with van der Waals surface area (Å²) in [6.07, 6.45) is 0. The zero-order valence-electron chi connectivity index (χ0n) is 10.7. The fraction of sp³-hybridized carbons (Fsp3) is 0.0667. The molecule has 1 unspecified atom stereocenters. The first-order chi connectivity index (χ1) is 10.2. The van der Waals surface area contributed by atoms with Gasteiger partial charge in [-0.25, -0.2) is 9.97 Å². The average Bonchev–Trinajstić information content (AvgIpc) is 3.09. The van der Waals surface area contributed by atoms with Gasteiger partial charge in [0.05, 0.1) is 21.3 Å². The third-order valence-corrected chi connectivity index (χ3v) is 5.27. The molecule has 104 valence electrons. The smallest absolute Gasteiger partial charge is 0.127 e. The Morgan fingerprint density at radius 1 is 1.10 bits per heavy atom. The number of hydrogen-bond donors (Lipinski definition) is 2. The quantitative estimate of drug-likeness (QED) is 0.516. The molecule has 0 spiro atoms. The van der Waals surface area contributed by atoms with Gasteiger partial charge in [-0.05, 0) is 30.3 Å². The SMILES string of the molecule is SC(c1nc2cc(Cl)ccc2[nH]1)c1nc2ccccc2s1. The molecule has 3 nitrogen and oxygen atoms in total. The molecular formula is C15H10ClN3S2. The minimum absolute atomic E-state index is 0.173. The number of aromatic amines is 1. The molecule has 0 saturated heterocycles. The molecule has 0 saturated carbocycles. The summed E-state index contributed by atoms with van der Waals surface area (Å²) < 4.78 is 1.16. The third-order valence-electron chi connectivity index (χ3n) is 3.27. The number of aromatic nitrogens is 3. The fourth-order valence-electron chi connectivity index (χ4n) is 2.25. The second-order valence-corrected chi connectivity index (χ2v) is 6.72. The number of fused-ring (bicyclic) bond motifs is 2. The van der Waals surface area contributed by atoms with E-state index in [1.54, 1.807) is 11.3 Å². The van der Waals surface area contributed by atoms with Crippen molar-refractivity contribution in [2.24, 2.45) is 0 Å². The summed E-state index contributed by atoms with van der Waals surface area (Å²) in [5.41, 5.74) is 2.79. The van der Waals surface area contributed by atoms with E-state index < -0.39 is 0 Å². The van der Waals surface area contributed by atoms with Crippen molar-refractivity contribution < 1.29 is 0 Å². The van der Waals surface area contributed by atoms with Gasteiger partial charge in [-0.3, -0.25) is 0 Å². The Labute approximate surface area is 135 Å². The van der Waals surface area contributed by atoms with Gasteiger partial charge in [-0.15, -0.1) is 11.3 Å². The molecule has 2 aromatic heterocycles. The third kappa shape index (κ3) is 2.31. The molecule has 0 fully saturated rings. The average molecular weight is 332 g/mol. The van der Waals surface area contributed by atoms with Gasteiger partial charge in [0.2, 0.25) is 0 Å². The van der Waals surface area contributed by atoms with E-state index in [1.807, 2.05) is 36.4 Å². The molecule has 21 heavy (non-hydrogen) atoms. The number of thiol groups is 1. The topological polar surface area (TPSA) is 41.6 Å². The van der Waals surface area contributed by atoms with Gasteiger partial charge in [-0.2, -0.15) is 12.6 Å². The number of rotatable bonds is 2. The molecule has 0 aliphatic rings. The predicted octanol–water partition coefficient (Wildman–Crippen LogP) is 4.85. The molecular weight excluding hydrogens is 322 g/mol. The maximum absolute atomic E-state index is 5.99. The highest BCUT2D eigenvalue weighted by atomic mass is 35.5. The zero-order chi connectivity index (χ0) is 14.4. The number of nitrogens with zero attached hydrogens (tertiary/aromatic N) is 2. The molecule has 0 amide bonds. The number of benzene rings is 2. The number of H-pyrrole nitrogens is 1. The summed E-state index contributed by atoms with van der Waals surface area (Å²) in [4.78, 5) is 12.5. The first-order valence-electron chi connectivity index (χ1n) is 6.39. The van der Waals surface area contributed by atoms with E-state index in [9.17, 15) is 0 Å². The number of thiazole rings is 1. The summed E-state index contributed by atoms with van der Waals surface area (Å²) in [5.74, 6) is 0.787. The largest absolute Gasteiger partial charge is 0.341 e. The van der Waals surface area contributed by atoms with Gasteiger partial charge in [0, 0.05) is 5.02 Å². The van der Waals surface area contributed by atoms with E-state index in [0.29, 0.717) is 5.02 Å². The van der Waals surface area contributed by atoms with Crippen LogP contribution in [0.3, 0.4) is 0 Å². The Morgan fingerprint density at radius 3 is 2.81 bits per heavy atom. The summed E-state index contributed by atoms with van der Waals surface area (Å²) >= 11 is 12.3. The van der Waals surface area contributed by atoms with Crippen molar-refractivity contribution in [1.82, 2.24) is 15.0 Å². The first-order valence-corrected chi connectivity index (χ1v) is 8.10. The van der Waals surface area contributed by atoms with Gasteiger partial charge < -0.3 is 4.98 Å². The number of para-hydroxylation sites is 1. The normalized spacial score (nSPS) is 13.0. The lowest BCUT2D eigenvalue weighted by Gasteiger charge is -2.02. The molecule has 0 aliphatic heterocycles. The summed E-state index contributed by atoms with van der Waals surface area (Å²) in [7, 11) is 0. The number of halogens is 1. The predicted molar refractivity (Wildman–Crippen MR) is 91.6 cm³/mol. The molecule has 2 aromatic carbocycles. The molecule has 4 rings (SSSR count). The van der Waals surface area contributed by atoms with Crippen LogP contribution in [0.15, 0.2) is 42.5 Å². The van der Waals surface area contributed by atoms with Crippen LogP contribution in [0.4, 0.5) is 0 Å². The number of nitrogens with one attached hydrogen (secondary N) is 1. The maximum atomic E-state index is 5.99. The van der Waals surface area contributed by atoms with E-state index in [0.717, 1.165) is 32.1 Å². The van der Waals surface area contributed by atoms with Crippen LogP contribution in [-0.2, 0) is 0 Å². The standard InChI is InChI=1S/C15H10ClN3S2/c16-8-5-6-9-11(7-8)18-14(17-9)13(20)15-19-10-3-1-2-4-12(10)21-15/h1-7,13,20H,(H,17,18). The van der Waals surface area contributed by atoms with Crippen molar-refractivity contribution in [3.8, 4) is 0 Å². The second-order valence-electron chi connectivity index (χ2n) is 4.71. The van der Waals surface area contributed by atoms with Crippen molar-refractivity contribution in [2.45, 2.75) is 5.25 Å². The van der Waals surface area contributed by atoms with Crippen LogP contribution in [0.25, 0.3) is 21.3 Å². The lowest BCUT2D eigenvalue weighted by atomic mass is 10.3. The van der Waals surface area contributed by atoms with Crippen LogP contribution in [-0.4, -0.2) is 15.0 Å². The Bertz CT molecular complexity index is 911. The highest BCUT2D eigenvalue weighted by Crippen LogP contribution is 2.33. The van der Waals surface area contributed by atoms with Crippen molar-refractivity contribution >= 4 is 56.8 Å². The molecule has 4 aromatic rings. The van der Waals surface area contributed by atoms with Crippen LogP contribution >= 0.6 is 35.6 Å². The fourth-order valence-corrected chi connectivity index (χ4v) is 3.71. The van der Waals surface area contributed by atoms with E-state index in [2.05, 4.69) is 33.6 Å². The summed E-state index contributed by atoms with van der Waals surface area (Å²) in [6, 6.07) is 13.7. The summed E-state index contributed by atoms with van der Waals surface area (Å²) in [5, 5.41) is 1.44. The Hall–Kier alpha value is -1.56. The Kier molecular flexibility index (Phi) is 3.14. The van der Waals surface area contributed by atoms with Crippen molar-refractivity contribution in [3.63, 3.8) is 0 Å². The van der Waals surface area contributed by atoms with Crippen LogP contribution < -0.4 is 0 Å². The van der Waals surface area contributed by atoms with E-state index >= 15 is 0 Å². The monoisotopic (exact) mass is 331 g/mol. The van der Waals surface area contributed by atoms with Gasteiger partial charge in [-0.1, -0.05) is 23.7 Å². The molecule has 0 aliphatic carbocycles. The molecule has 0 radical (unpaired) electrons. The van der Waals surface area contributed by atoms with E-state index in [-0.39, 0.29) is 5.25 Å². The lowest BCUT2D eigenvalue weighted by molar-refractivity contribution is 1.01. The van der Waals surface area contributed by atoms with Crippen LogP contribution in [0, 0.1) is 0 Å². The molecule has 1 N–H and O–H groups in total. The van der Waals surface area contributed by atoms with Crippen LogP contribution in [0.2, 0.25) is 5.02 Å². The molecule has 1 atom stereocenters. The summed E-state index contributed by atoms with van der Waals surface area (Å²) in [6.45, 7) is 0. The minimum Gasteiger partial charge on any atom is -0.341 e. The van der Waals surface area contributed by atoms with E-state index in [4.69, 9.17) is 11.6 Å². The van der Waals surface area contributed by atoms with Crippen molar-refractivity contribution in [2.75, 3.05) is 0 Å². The van der Waals surface area contributed by atoms with Crippen molar-refractivity contribution in [3.05, 3.63) is 58.3 Å². The highest BCUT2D eigenvalue weighted by molar-refractivity contribution is 7.81. The Morgan fingerprint density at radius 2 is 1.95 bits per heavy atom. The Balaban J connectivity index is 1.79. The van der Waals surface area contributed by atoms with E-state index in [1.165, 1.54) is 0 Å². The lowest BCUT2D eigenvalue weighted by Crippen LogP contribution is -1.94. The second kappa shape index (κ2) is 5.02. The van der Waals surface area contributed by atoms with Gasteiger partial charge in [0.25, 0.3) is 0 Å². The number of hydrogen-bond acceptors (Lipinski definition) is 4. The molecule has 0 bridgehead atoms. The van der Waals surface area contributed by atoms with Gasteiger partial charge >= 0.3 is 0 Å². The van der Waals surface area contributed by atoms with Gasteiger partial charge in [0.15, 0.2) is 0 Å².